The van der Waals surface area contributed by atoms with Crippen LogP contribution in [0.15, 0.2) is 0 Å². The summed E-state index contributed by atoms with van der Waals surface area (Å²) in [7, 11) is -9.93. The highest BCUT2D eigenvalue weighted by Crippen LogP contribution is 2.45. The number of unbranched alkanes of at least 4 members (excludes halogenated alkanes) is 44. The van der Waals surface area contributed by atoms with Crippen LogP contribution in [0.25, 0.3) is 0 Å². The number of aliphatic hydroxyl groups excluding tert-OH is 1. The van der Waals surface area contributed by atoms with Gasteiger partial charge in [-0.2, -0.15) is 0 Å². The van der Waals surface area contributed by atoms with E-state index in [1.807, 2.05) is 0 Å². The van der Waals surface area contributed by atoms with Crippen molar-refractivity contribution in [3.05, 3.63) is 0 Å². The number of phosphoric acid groups is 2. The van der Waals surface area contributed by atoms with Crippen LogP contribution >= 0.6 is 15.6 Å². The molecule has 0 saturated carbocycles. The van der Waals surface area contributed by atoms with E-state index < -0.39 is 97.5 Å². The Bertz CT molecular complexity index is 2010. The number of esters is 4. The molecule has 0 rings (SSSR count). The highest BCUT2D eigenvalue weighted by Gasteiger charge is 2.30. The highest BCUT2D eigenvalue weighted by atomic mass is 31.2. The molecule has 0 radical (unpaired) electrons. The third-order valence-electron chi connectivity index (χ3n) is 20.7. The van der Waals surface area contributed by atoms with Crippen molar-refractivity contribution in [3.63, 3.8) is 0 Å². The Balaban J connectivity index is 5.23. The molecule has 3 N–H and O–H groups in total. The molecule has 0 bridgehead atoms. The molecule has 0 aliphatic heterocycles. The molecule has 0 amide bonds. The first kappa shape index (κ1) is 101. The molecule has 0 aliphatic carbocycles. The number of ether oxygens (including phenoxy) is 4. The van der Waals surface area contributed by atoms with E-state index in [-0.39, 0.29) is 25.7 Å². The first-order chi connectivity index (χ1) is 49.7. The molecule has 0 heterocycles. The average molecular weight is 1510 g/mol. The van der Waals surface area contributed by atoms with Gasteiger partial charge in [-0.05, 0) is 49.4 Å². The van der Waals surface area contributed by atoms with Crippen molar-refractivity contribution in [2.45, 2.75) is 453 Å². The monoisotopic (exact) mass is 1510 g/mol. The summed E-state index contributed by atoms with van der Waals surface area (Å²) >= 11 is 0. The van der Waals surface area contributed by atoms with E-state index in [9.17, 15) is 43.2 Å². The van der Waals surface area contributed by atoms with Crippen molar-refractivity contribution in [3.8, 4) is 0 Å². The number of hydrogen-bond acceptors (Lipinski definition) is 15. The zero-order valence-electron chi connectivity index (χ0n) is 68.0. The van der Waals surface area contributed by atoms with Crippen molar-refractivity contribution in [1.29, 1.82) is 0 Å². The Kier molecular flexibility index (Phi) is 71.5. The Morgan fingerprint density at radius 3 is 0.689 bits per heavy atom. The summed E-state index contributed by atoms with van der Waals surface area (Å²) < 4.78 is 68.8. The molecule has 0 aromatic rings. The average Bonchev–Trinajstić information content (AvgIpc) is 0.933. The maximum absolute atomic E-state index is 13.1. The summed E-state index contributed by atoms with van der Waals surface area (Å²) in [6.45, 7) is 14.3. The smallest absolute Gasteiger partial charge is 0.462 e. The third-order valence-corrected chi connectivity index (χ3v) is 22.6. The van der Waals surface area contributed by atoms with Crippen LogP contribution in [-0.2, 0) is 65.4 Å². The van der Waals surface area contributed by atoms with Gasteiger partial charge in [-0.1, -0.05) is 383 Å². The molecule has 0 aromatic heterocycles. The highest BCUT2D eigenvalue weighted by molar-refractivity contribution is 7.47. The van der Waals surface area contributed by atoms with Gasteiger partial charge in [0.15, 0.2) is 12.2 Å². The van der Waals surface area contributed by atoms with E-state index in [4.69, 9.17) is 37.0 Å². The summed E-state index contributed by atoms with van der Waals surface area (Å²) in [5, 5.41) is 10.7. The number of carbonyl (C=O) groups excluding carboxylic acids is 4. The van der Waals surface area contributed by atoms with Crippen LogP contribution in [0.4, 0.5) is 0 Å². The largest absolute Gasteiger partial charge is 0.472 e. The first-order valence-electron chi connectivity index (χ1n) is 43.3. The topological polar surface area (TPSA) is 237 Å². The summed E-state index contributed by atoms with van der Waals surface area (Å²) in [5.74, 6) is 1.09. The van der Waals surface area contributed by atoms with Gasteiger partial charge in [-0.25, -0.2) is 9.13 Å². The predicted octanol–water partition coefficient (Wildman–Crippen LogP) is 25.2. The van der Waals surface area contributed by atoms with Crippen molar-refractivity contribution in [1.82, 2.24) is 0 Å². The second kappa shape index (κ2) is 72.9. The Hall–Kier alpha value is -1.94. The van der Waals surface area contributed by atoms with Gasteiger partial charge in [0.1, 0.15) is 19.3 Å². The van der Waals surface area contributed by atoms with Gasteiger partial charge >= 0.3 is 39.5 Å². The van der Waals surface area contributed by atoms with Crippen LogP contribution in [0.1, 0.15) is 434 Å². The minimum absolute atomic E-state index is 0.105. The minimum Gasteiger partial charge on any atom is -0.462 e. The summed E-state index contributed by atoms with van der Waals surface area (Å²) in [6.07, 6.45) is 61.0. The van der Waals surface area contributed by atoms with Gasteiger partial charge in [0.25, 0.3) is 0 Å². The second-order valence-electron chi connectivity index (χ2n) is 31.4. The predicted molar refractivity (Wildman–Crippen MR) is 423 cm³/mol. The fourth-order valence-electron chi connectivity index (χ4n) is 12.9. The quantitative estimate of drug-likeness (QED) is 0.0222. The molecule has 5 unspecified atom stereocenters. The molecule has 0 aliphatic rings. The molecule has 0 aromatic carbocycles. The van der Waals surface area contributed by atoms with Crippen molar-refractivity contribution in [2.24, 2.45) is 23.7 Å². The maximum atomic E-state index is 13.1. The molecule has 19 heteroatoms. The van der Waals surface area contributed by atoms with E-state index in [0.29, 0.717) is 25.7 Å². The number of carbonyl (C=O) groups is 4. The number of phosphoric ester groups is 2. The second-order valence-corrected chi connectivity index (χ2v) is 34.3. The van der Waals surface area contributed by atoms with Crippen LogP contribution in [0.3, 0.4) is 0 Å². The van der Waals surface area contributed by atoms with E-state index in [0.717, 1.165) is 120 Å². The number of hydrogen-bond donors (Lipinski definition) is 3. The van der Waals surface area contributed by atoms with Crippen LogP contribution in [-0.4, -0.2) is 96.7 Å². The lowest BCUT2D eigenvalue weighted by atomic mass is 9.99. The Morgan fingerprint density at radius 2 is 0.466 bits per heavy atom. The van der Waals surface area contributed by atoms with E-state index >= 15 is 0 Å². The zero-order chi connectivity index (χ0) is 76.0. The number of aliphatic hydroxyl groups is 1. The van der Waals surface area contributed by atoms with Crippen LogP contribution in [0, 0.1) is 23.7 Å². The standard InChI is InChI=1S/C84H164O17P2/c1-9-75(6)61-53-45-37-31-25-21-18-19-23-27-34-40-50-58-66-83(88)100-79(70-94-81(86)64-56-48-39-33-26-22-17-15-13-12-14-16-20-24-30-36-44-52-60-74(4)5)72-98-102(90,91)96-68-78(85)69-97-103(92,93)99-73-80(71-95-82(87)65-57-49-43-42-47-55-63-77(8)11-3)101-84(89)67-59-51-41-35-29-28-32-38-46-54-62-76(7)10-2/h74-80,85H,9-73H2,1-8H3,(H,90,91)(H,92,93)/t75?,76?,77?,78-,79-,80-/m1/s1. The molecular weight excluding hydrogens is 1340 g/mol. The lowest BCUT2D eigenvalue weighted by molar-refractivity contribution is -0.161. The Morgan fingerprint density at radius 1 is 0.272 bits per heavy atom. The fraction of sp³-hybridized carbons (Fsp3) is 0.952. The first-order valence-corrected chi connectivity index (χ1v) is 46.3. The molecule has 8 atom stereocenters. The zero-order valence-corrected chi connectivity index (χ0v) is 69.7. The SMILES string of the molecule is CCC(C)CCCCCCCCCCCCCCCCC(=O)O[C@H](COC(=O)CCCCCCCCCCCCCCCCCCCCC(C)C)COP(=O)(O)OC[C@@H](O)COP(=O)(O)OC[C@@H](COC(=O)CCCCCCCCC(C)CC)OC(=O)CCCCCCCCCCCCC(C)CC. The molecule has 612 valence electrons. The van der Waals surface area contributed by atoms with Crippen LogP contribution in [0.5, 0.6) is 0 Å². The van der Waals surface area contributed by atoms with Gasteiger partial charge in [-0.3, -0.25) is 37.3 Å². The summed E-state index contributed by atoms with van der Waals surface area (Å²) in [4.78, 5) is 73.1. The molecule has 0 spiro atoms. The lowest BCUT2D eigenvalue weighted by Gasteiger charge is -2.21. The molecule has 103 heavy (non-hydrogen) atoms. The molecule has 0 saturated heterocycles. The third kappa shape index (κ3) is 74.0. The summed E-state index contributed by atoms with van der Waals surface area (Å²) in [5.41, 5.74) is 0. The van der Waals surface area contributed by atoms with Crippen LogP contribution in [0.2, 0.25) is 0 Å². The van der Waals surface area contributed by atoms with E-state index in [1.54, 1.807) is 0 Å². The van der Waals surface area contributed by atoms with Gasteiger partial charge in [-0.15, -0.1) is 0 Å². The van der Waals surface area contributed by atoms with E-state index in [2.05, 4.69) is 55.4 Å². The lowest BCUT2D eigenvalue weighted by Crippen LogP contribution is -2.30. The van der Waals surface area contributed by atoms with Gasteiger partial charge in [0.05, 0.1) is 26.4 Å². The van der Waals surface area contributed by atoms with Gasteiger partial charge in [0.2, 0.25) is 0 Å². The van der Waals surface area contributed by atoms with Gasteiger partial charge < -0.3 is 33.8 Å². The Labute approximate surface area is 632 Å². The van der Waals surface area contributed by atoms with Gasteiger partial charge in [0, 0.05) is 25.7 Å². The van der Waals surface area contributed by atoms with Crippen molar-refractivity contribution >= 4 is 39.5 Å². The van der Waals surface area contributed by atoms with Crippen LogP contribution < -0.4 is 0 Å². The molecule has 0 fully saturated rings. The molecular formula is C84H164O17P2. The van der Waals surface area contributed by atoms with Crippen molar-refractivity contribution in [2.75, 3.05) is 39.6 Å². The maximum Gasteiger partial charge on any atom is 0.472 e. The number of rotatable bonds is 81. The van der Waals surface area contributed by atoms with Crippen molar-refractivity contribution < 1.29 is 80.2 Å². The fourth-order valence-corrected chi connectivity index (χ4v) is 14.4. The normalized spacial score (nSPS) is 14.8. The summed E-state index contributed by atoms with van der Waals surface area (Å²) in [6, 6.07) is 0. The van der Waals surface area contributed by atoms with E-state index in [1.165, 1.54) is 231 Å². The minimum atomic E-state index is -4.97. The molecule has 17 nitrogen and oxygen atoms in total.